The standard InChI is InChI=1S/C9H10N2O2/c1-5-10-8-6(12)3-4-7(13-2)9(8)11-5/h3-4,12H,1-2H3,(H,10,11). The molecule has 0 bridgehead atoms. The number of methoxy groups -OCH3 is 1. The Labute approximate surface area is 75.2 Å². The molecule has 0 saturated carbocycles. The summed E-state index contributed by atoms with van der Waals surface area (Å²) in [6.45, 7) is 1.83. The fourth-order valence-electron chi connectivity index (χ4n) is 1.34. The Morgan fingerprint density at radius 2 is 2.23 bits per heavy atom. The van der Waals surface area contributed by atoms with Gasteiger partial charge in [0, 0.05) is 0 Å². The summed E-state index contributed by atoms with van der Waals surface area (Å²) in [5.74, 6) is 1.61. The van der Waals surface area contributed by atoms with Crippen molar-refractivity contribution in [2.45, 2.75) is 6.92 Å². The van der Waals surface area contributed by atoms with Gasteiger partial charge in [-0.15, -0.1) is 0 Å². The molecule has 0 spiro atoms. The number of aromatic nitrogens is 2. The first-order chi connectivity index (χ1) is 6.22. The lowest BCUT2D eigenvalue weighted by Crippen LogP contribution is -1.84. The lowest BCUT2D eigenvalue weighted by Gasteiger charge is -2.00. The van der Waals surface area contributed by atoms with Crippen LogP contribution in [-0.4, -0.2) is 22.2 Å². The molecule has 0 atom stereocenters. The molecule has 0 saturated heterocycles. The van der Waals surface area contributed by atoms with Crippen molar-refractivity contribution in [1.29, 1.82) is 0 Å². The molecule has 4 heteroatoms. The van der Waals surface area contributed by atoms with Crippen LogP contribution in [0, 0.1) is 6.92 Å². The van der Waals surface area contributed by atoms with Gasteiger partial charge in [0.25, 0.3) is 0 Å². The number of benzene rings is 1. The SMILES string of the molecule is COc1ccc(O)c2nc(C)[nH]c12. The minimum atomic E-state index is 0.167. The van der Waals surface area contributed by atoms with Gasteiger partial charge in [0.05, 0.1) is 7.11 Å². The molecule has 2 aromatic rings. The molecule has 4 nitrogen and oxygen atoms in total. The average Bonchev–Trinajstić information content (AvgIpc) is 2.48. The van der Waals surface area contributed by atoms with Crippen LogP contribution in [0.4, 0.5) is 0 Å². The first-order valence-electron chi connectivity index (χ1n) is 3.94. The number of phenolic OH excluding ortho intramolecular Hbond substituents is 1. The topological polar surface area (TPSA) is 58.1 Å². The number of ether oxygens (including phenoxy) is 1. The zero-order valence-electron chi connectivity index (χ0n) is 7.46. The normalized spacial score (nSPS) is 10.6. The van der Waals surface area contributed by atoms with Crippen LogP contribution in [0.1, 0.15) is 5.82 Å². The zero-order valence-corrected chi connectivity index (χ0v) is 7.46. The molecule has 2 N–H and O–H groups in total. The van der Waals surface area contributed by atoms with Crippen LogP contribution in [0.2, 0.25) is 0 Å². The second-order valence-electron chi connectivity index (χ2n) is 2.83. The predicted octanol–water partition coefficient (Wildman–Crippen LogP) is 1.59. The van der Waals surface area contributed by atoms with Crippen LogP contribution in [0.5, 0.6) is 11.5 Å². The number of nitrogens with one attached hydrogen (secondary N) is 1. The number of phenols is 1. The number of hydrogen-bond donors (Lipinski definition) is 2. The van der Waals surface area contributed by atoms with E-state index in [2.05, 4.69) is 9.97 Å². The number of aromatic hydroxyl groups is 1. The molecule has 0 aliphatic carbocycles. The van der Waals surface area contributed by atoms with Gasteiger partial charge in [0.15, 0.2) is 0 Å². The number of fused-ring (bicyclic) bond motifs is 1. The van der Waals surface area contributed by atoms with Crippen LogP contribution in [0.15, 0.2) is 12.1 Å². The van der Waals surface area contributed by atoms with E-state index in [0.29, 0.717) is 11.3 Å². The fourth-order valence-corrected chi connectivity index (χ4v) is 1.34. The number of H-pyrrole nitrogens is 1. The highest BCUT2D eigenvalue weighted by molar-refractivity contribution is 5.86. The third-order valence-corrected chi connectivity index (χ3v) is 1.92. The van der Waals surface area contributed by atoms with Crippen LogP contribution in [0.3, 0.4) is 0 Å². The highest BCUT2D eigenvalue weighted by Crippen LogP contribution is 2.29. The summed E-state index contributed by atoms with van der Waals surface area (Å²) >= 11 is 0. The monoisotopic (exact) mass is 178 g/mol. The third-order valence-electron chi connectivity index (χ3n) is 1.92. The zero-order chi connectivity index (χ0) is 9.42. The molecule has 2 rings (SSSR count). The fraction of sp³-hybridized carbons (Fsp3) is 0.222. The first kappa shape index (κ1) is 7.91. The third kappa shape index (κ3) is 1.11. The molecule has 68 valence electrons. The van der Waals surface area contributed by atoms with Crippen LogP contribution in [0.25, 0.3) is 11.0 Å². The molecule has 0 fully saturated rings. The van der Waals surface area contributed by atoms with Crippen LogP contribution in [-0.2, 0) is 0 Å². The molecule has 0 unspecified atom stereocenters. The summed E-state index contributed by atoms with van der Waals surface area (Å²) in [6, 6.07) is 3.27. The minimum absolute atomic E-state index is 0.167. The van der Waals surface area contributed by atoms with E-state index in [1.165, 1.54) is 0 Å². The van der Waals surface area contributed by atoms with Crippen molar-refractivity contribution in [1.82, 2.24) is 9.97 Å². The van der Waals surface area contributed by atoms with Crippen molar-refractivity contribution >= 4 is 11.0 Å². The largest absolute Gasteiger partial charge is 0.506 e. The Bertz CT molecular complexity index is 448. The second-order valence-corrected chi connectivity index (χ2v) is 2.83. The number of rotatable bonds is 1. The molecule has 0 radical (unpaired) electrons. The van der Waals surface area contributed by atoms with E-state index in [9.17, 15) is 5.11 Å². The smallest absolute Gasteiger partial charge is 0.144 e. The second kappa shape index (κ2) is 2.65. The number of nitrogens with zero attached hydrogens (tertiary/aromatic N) is 1. The van der Waals surface area contributed by atoms with Crippen LogP contribution >= 0.6 is 0 Å². The van der Waals surface area contributed by atoms with Gasteiger partial charge in [-0.1, -0.05) is 0 Å². The van der Waals surface area contributed by atoms with E-state index < -0.39 is 0 Å². The quantitative estimate of drug-likeness (QED) is 0.697. The number of hydrogen-bond acceptors (Lipinski definition) is 3. The average molecular weight is 178 g/mol. The summed E-state index contributed by atoms with van der Waals surface area (Å²) in [4.78, 5) is 7.16. The molecule has 0 amide bonds. The maximum absolute atomic E-state index is 9.47. The molecule has 13 heavy (non-hydrogen) atoms. The van der Waals surface area contributed by atoms with E-state index in [4.69, 9.17) is 4.74 Å². The Morgan fingerprint density at radius 3 is 2.92 bits per heavy atom. The highest BCUT2D eigenvalue weighted by atomic mass is 16.5. The number of imidazole rings is 1. The van der Waals surface area contributed by atoms with Gasteiger partial charge in [-0.2, -0.15) is 0 Å². The summed E-state index contributed by atoms with van der Waals surface area (Å²) in [6.07, 6.45) is 0. The summed E-state index contributed by atoms with van der Waals surface area (Å²) in [7, 11) is 1.59. The van der Waals surface area contributed by atoms with Gasteiger partial charge in [-0.25, -0.2) is 4.98 Å². The van der Waals surface area contributed by atoms with E-state index in [1.807, 2.05) is 6.92 Å². The predicted molar refractivity (Wildman–Crippen MR) is 49.0 cm³/mol. The number of aryl methyl sites for hydroxylation is 1. The van der Waals surface area contributed by atoms with Gasteiger partial charge in [-0.05, 0) is 19.1 Å². The minimum Gasteiger partial charge on any atom is -0.506 e. The lowest BCUT2D eigenvalue weighted by molar-refractivity contribution is 0.417. The molecule has 1 aromatic heterocycles. The molecule has 0 aliphatic rings. The molecular formula is C9H10N2O2. The van der Waals surface area contributed by atoms with Crippen molar-refractivity contribution in [3.8, 4) is 11.5 Å². The van der Waals surface area contributed by atoms with E-state index in [-0.39, 0.29) is 5.75 Å². The molecule has 0 aliphatic heterocycles. The summed E-state index contributed by atoms with van der Waals surface area (Å²) in [5.41, 5.74) is 1.29. The first-order valence-corrected chi connectivity index (χ1v) is 3.94. The summed E-state index contributed by atoms with van der Waals surface area (Å²) in [5, 5.41) is 9.47. The van der Waals surface area contributed by atoms with E-state index in [1.54, 1.807) is 19.2 Å². The maximum atomic E-state index is 9.47. The Morgan fingerprint density at radius 1 is 1.46 bits per heavy atom. The van der Waals surface area contributed by atoms with Gasteiger partial charge in [0.1, 0.15) is 28.4 Å². The Hall–Kier alpha value is -1.71. The van der Waals surface area contributed by atoms with Crippen LogP contribution < -0.4 is 4.74 Å². The van der Waals surface area contributed by atoms with Crippen molar-refractivity contribution < 1.29 is 9.84 Å². The Kier molecular flexibility index (Phi) is 1.62. The molecular weight excluding hydrogens is 168 g/mol. The van der Waals surface area contributed by atoms with Gasteiger partial charge in [0.2, 0.25) is 0 Å². The van der Waals surface area contributed by atoms with Crippen molar-refractivity contribution in [3.05, 3.63) is 18.0 Å². The van der Waals surface area contributed by atoms with Gasteiger partial charge >= 0.3 is 0 Å². The summed E-state index contributed by atoms with van der Waals surface area (Å²) < 4.78 is 5.11. The van der Waals surface area contributed by atoms with E-state index in [0.717, 1.165) is 11.3 Å². The van der Waals surface area contributed by atoms with E-state index >= 15 is 0 Å². The van der Waals surface area contributed by atoms with Crippen molar-refractivity contribution in [3.63, 3.8) is 0 Å². The van der Waals surface area contributed by atoms with Crippen molar-refractivity contribution in [2.75, 3.05) is 7.11 Å². The van der Waals surface area contributed by atoms with Crippen molar-refractivity contribution in [2.24, 2.45) is 0 Å². The molecule has 1 aromatic carbocycles. The van der Waals surface area contributed by atoms with Gasteiger partial charge in [-0.3, -0.25) is 0 Å². The highest BCUT2D eigenvalue weighted by Gasteiger charge is 2.09. The molecule has 1 heterocycles. The maximum Gasteiger partial charge on any atom is 0.144 e. The lowest BCUT2D eigenvalue weighted by atomic mass is 10.3. The van der Waals surface area contributed by atoms with Gasteiger partial charge < -0.3 is 14.8 Å². The Balaban J connectivity index is 2.83. The number of aromatic amines is 1.